The summed E-state index contributed by atoms with van der Waals surface area (Å²) >= 11 is 1.75. The molecule has 2 aromatic rings. The van der Waals surface area contributed by atoms with Crippen LogP contribution in [0.5, 0.6) is 5.75 Å². The van der Waals surface area contributed by atoms with Gasteiger partial charge in [-0.1, -0.05) is 18.2 Å². The quantitative estimate of drug-likeness (QED) is 0.919. The molecule has 0 amide bonds. The van der Waals surface area contributed by atoms with Crippen molar-refractivity contribution in [3.8, 4) is 5.75 Å². The molecule has 0 fully saturated rings. The highest BCUT2D eigenvalue weighted by molar-refractivity contribution is 7.10. The van der Waals surface area contributed by atoms with Crippen molar-refractivity contribution in [1.29, 1.82) is 0 Å². The second-order valence-corrected chi connectivity index (χ2v) is 5.94. The largest absolute Gasteiger partial charge is 0.496 e. The van der Waals surface area contributed by atoms with E-state index in [0.717, 1.165) is 5.75 Å². The number of hydrogen-bond donors (Lipinski definition) is 1. The van der Waals surface area contributed by atoms with Crippen molar-refractivity contribution >= 4 is 11.3 Å². The first kappa shape index (κ1) is 12.7. The van der Waals surface area contributed by atoms with E-state index >= 15 is 0 Å². The fourth-order valence-electron chi connectivity index (χ4n) is 2.84. The van der Waals surface area contributed by atoms with Crippen LogP contribution in [0.25, 0.3) is 0 Å². The number of nitrogens with one attached hydrogen (secondary N) is 1. The highest BCUT2D eigenvalue weighted by atomic mass is 32.1. The minimum atomic E-state index is 0.264. The van der Waals surface area contributed by atoms with Crippen LogP contribution in [0.4, 0.5) is 0 Å². The first-order valence-electron chi connectivity index (χ1n) is 6.73. The molecule has 19 heavy (non-hydrogen) atoms. The monoisotopic (exact) mass is 273 g/mol. The molecular weight excluding hydrogens is 254 g/mol. The predicted octanol–water partition coefficient (Wildman–Crippen LogP) is 3.55. The summed E-state index contributed by atoms with van der Waals surface area (Å²) in [5.41, 5.74) is 4.41. The summed E-state index contributed by atoms with van der Waals surface area (Å²) in [5.74, 6) is 0.946. The van der Waals surface area contributed by atoms with Crippen LogP contribution in [-0.2, 0) is 12.8 Å². The number of benzene rings is 1. The molecule has 3 rings (SSSR count). The van der Waals surface area contributed by atoms with E-state index in [1.54, 1.807) is 18.4 Å². The Bertz CT molecular complexity index is 576. The maximum atomic E-state index is 5.28. The summed E-state index contributed by atoms with van der Waals surface area (Å²) in [6.45, 7) is 0. The molecule has 1 heterocycles. The van der Waals surface area contributed by atoms with Gasteiger partial charge in [-0.2, -0.15) is 0 Å². The number of rotatable bonds is 4. The molecule has 1 aliphatic carbocycles. The maximum Gasteiger partial charge on any atom is 0.129 e. The van der Waals surface area contributed by atoms with Gasteiger partial charge in [0.25, 0.3) is 0 Å². The van der Waals surface area contributed by atoms with Gasteiger partial charge in [0.2, 0.25) is 0 Å². The van der Waals surface area contributed by atoms with Crippen molar-refractivity contribution in [2.75, 3.05) is 14.2 Å². The van der Waals surface area contributed by atoms with Crippen molar-refractivity contribution < 1.29 is 4.74 Å². The summed E-state index contributed by atoms with van der Waals surface area (Å²) in [6.07, 6.45) is 3.77. The zero-order valence-corrected chi connectivity index (χ0v) is 12.2. The van der Waals surface area contributed by atoms with Gasteiger partial charge >= 0.3 is 0 Å². The minimum absolute atomic E-state index is 0.264. The zero-order chi connectivity index (χ0) is 13.2. The molecule has 1 aromatic heterocycles. The fourth-order valence-corrected chi connectivity index (χ4v) is 3.83. The summed E-state index contributed by atoms with van der Waals surface area (Å²) < 4.78 is 5.28. The molecule has 1 unspecified atom stereocenters. The maximum absolute atomic E-state index is 5.28. The molecule has 2 nitrogen and oxygen atoms in total. The van der Waals surface area contributed by atoms with Crippen molar-refractivity contribution in [3.63, 3.8) is 0 Å². The molecule has 100 valence electrons. The number of ether oxygens (including phenoxy) is 1. The van der Waals surface area contributed by atoms with Gasteiger partial charge in [-0.25, -0.2) is 0 Å². The smallest absolute Gasteiger partial charge is 0.129 e. The summed E-state index contributed by atoms with van der Waals surface area (Å²) in [4.78, 5) is 1.30. The molecule has 0 aliphatic heterocycles. The lowest BCUT2D eigenvalue weighted by Crippen LogP contribution is -2.16. The lowest BCUT2D eigenvalue weighted by molar-refractivity contribution is 0.416. The van der Waals surface area contributed by atoms with Gasteiger partial charge < -0.3 is 10.1 Å². The summed E-state index contributed by atoms with van der Waals surface area (Å²) in [7, 11) is 3.74. The molecule has 0 bridgehead atoms. The standard InChI is InChI=1S/C16H19NOS/c1-17-16(15-9-14(18-2)10-19-15)13-7-6-11-4-3-5-12(11)8-13/h6-10,16-17H,3-5H2,1-2H3. The van der Waals surface area contributed by atoms with Crippen molar-refractivity contribution in [3.05, 3.63) is 51.2 Å². The number of thiophene rings is 1. The van der Waals surface area contributed by atoms with Crippen LogP contribution in [0.2, 0.25) is 0 Å². The van der Waals surface area contributed by atoms with Crippen molar-refractivity contribution in [1.82, 2.24) is 5.32 Å². The van der Waals surface area contributed by atoms with E-state index in [4.69, 9.17) is 4.74 Å². The second-order valence-electron chi connectivity index (χ2n) is 4.99. The highest BCUT2D eigenvalue weighted by Crippen LogP contribution is 2.33. The number of methoxy groups -OCH3 is 1. The molecule has 1 N–H and O–H groups in total. The van der Waals surface area contributed by atoms with Crippen molar-refractivity contribution in [2.45, 2.75) is 25.3 Å². The number of fused-ring (bicyclic) bond motifs is 1. The Labute approximate surface area is 118 Å². The summed E-state index contributed by atoms with van der Waals surface area (Å²) in [6, 6.07) is 9.32. The van der Waals surface area contributed by atoms with Gasteiger partial charge in [0.15, 0.2) is 0 Å². The Morgan fingerprint density at radius 3 is 2.79 bits per heavy atom. The van der Waals surface area contributed by atoms with Gasteiger partial charge in [0.1, 0.15) is 5.75 Å². The summed E-state index contributed by atoms with van der Waals surface area (Å²) in [5, 5.41) is 5.48. The average molecular weight is 273 g/mol. The van der Waals surface area contributed by atoms with E-state index in [1.165, 1.54) is 40.8 Å². The third-order valence-electron chi connectivity index (χ3n) is 3.86. The number of aryl methyl sites for hydroxylation is 2. The molecule has 1 atom stereocenters. The molecule has 3 heteroatoms. The van der Waals surface area contributed by atoms with E-state index in [0.29, 0.717) is 0 Å². The van der Waals surface area contributed by atoms with Crippen LogP contribution in [0, 0.1) is 0 Å². The van der Waals surface area contributed by atoms with Gasteiger partial charge in [0.05, 0.1) is 13.2 Å². The topological polar surface area (TPSA) is 21.3 Å². The molecule has 1 aromatic carbocycles. The van der Waals surface area contributed by atoms with Crippen LogP contribution in [0.3, 0.4) is 0 Å². The molecule has 0 spiro atoms. The van der Waals surface area contributed by atoms with Crippen LogP contribution in [0.15, 0.2) is 29.6 Å². The minimum Gasteiger partial charge on any atom is -0.496 e. The van der Waals surface area contributed by atoms with Gasteiger partial charge in [-0.3, -0.25) is 0 Å². The molecular formula is C16H19NOS. The molecule has 1 aliphatic rings. The first-order valence-corrected chi connectivity index (χ1v) is 7.61. The average Bonchev–Trinajstić information content (AvgIpc) is 3.07. The van der Waals surface area contributed by atoms with E-state index < -0.39 is 0 Å². The number of hydrogen-bond acceptors (Lipinski definition) is 3. The van der Waals surface area contributed by atoms with Crippen LogP contribution >= 0.6 is 11.3 Å². The lowest BCUT2D eigenvalue weighted by Gasteiger charge is -2.16. The van der Waals surface area contributed by atoms with Gasteiger partial charge in [-0.15, -0.1) is 11.3 Å². The van der Waals surface area contributed by atoms with E-state index in [2.05, 4.69) is 35.0 Å². The Kier molecular flexibility index (Phi) is 3.58. The SMILES string of the molecule is CNC(c1ccc2c(c1)CCC2)c1cc(OC)cs1. The molecule has 0 saturated carbocycles. The first-order chi connectivity index (χ1) is 9.31. The highest BCUT2D eigenvalue weighted by Gasteiger charge is 2.18. The molecule has 0 radical (unpaired) electrons. The lowest BCUT2D eigenvalue weighted by atomic mass is 10.00. The van der Waals surface area contributed by atoms with E-state index in [1.807, 2.05) is 7.05 Å². The predicted molar refractivity (Wildman–Crippen MR) is 80.2 cm³/mol. The van der Waals surface area contributed by atoms with Crippen LogP contribution < -0.4 is 10.1 Å². The van der Waals surface area contributed by atoms with Gasteiger partial charge in [0, 0.05) is 10.3 Å². The third kappa shape index (κ3) is 2.40. The molecule has 0 saturated heterocycles. The van der Waals surface area contributed by atoms with E-state index in [-0.39, 0.29) is 6.04 Å². The van der Waals surface area contributed by atoms with Crippen LogP contribution in [-0.4, -0.2) is 14.2 Å². The fraction of sp³-hybridized carbons (Fsp3) is 0.375. The Balaban J connectivity index is 1.93. The third-order valence-corrected chi connectivity index (χ3v) is 4.84. The Morgan fingerprint density at radius 2 is 2.05 bits per heavy atom. The normalized spacial score (nSPS) is 15.3. The van der Waals surface area contributed by atoms with Crippen LogP contribution in [0.1, 0.15) is 34.0 Å². The van der Waals surface area contributed by atoms with Crippen molar-refractivity contribution in [2.24, 2.45) is 0 Å². The second kappa shape index (κ2) is 5.35. The van der Waals surface area contributed by atoms with Gasteiger partial charge in [-0.05, 0) is 49.1 Å². The zero-order valence-electron chi connectivity index (χ0n) is 11.4. The Hall–Kier alpha value is -1.32. The Morgan fingerprint density at radius 1 is 1.21 bits per heavy atom. The van der Waals surface area contributed by atoms with E-state index in [9.17, 15) is 0 Å².